The second-order valence-electron chi connectivity index (χ2n) is 4.81. The molecule has 1 aromatic carbocycles. The molecule has 1 heterocycles. The number of thiazole rings is 1. The molecule has 112 valence electrons. The van der Waals surface area contributed by atoms with Crippen LogP contribution in [0.1, 0.15) is 34.3 Å². The van der Waals surface area contributed by atoms with Crippen LogP contribution in [0.15, 0.2) is 24.3 Å². The van der Waals surface area contributed by atoms with Crippen molar-refractivity contribution >= 4 is 22.4 Å². The lowest BCUT2D eigenvalue weighted by Crippen LogP contribution is -2.16. The minimum Gasteiger partial charge on any atom is -0.477 e. The Kier molecular flexibility index (Phi) is 4.90. The monoisotopic (exact) mass is 308 g/mol. The Labute approximate surface area is 126 Å². The van der Waals surface area contributed by atoms with Crippen molar-refractivity contribution in [1.29, 1.82) is 0 Å². The highest BCUT2D eigenvalue weighted by Crippen LogP contribution is 2.27. The van der Waals surface area contributed by atoms with Crippen LogP contribution in [0.3, 0.4) is 0 Å². The van der Waals surface area contributed by atoms with Crippen LogP contribution < -0.4 is 4.90 Å². The molecule has 0 aliphatic heterocycles. The van der Waals surface area contributed by atoms with E-state index in [1.165, 1.54) is 12.1 Å². The standard InChI is InChI=1S/C15H17FN2O2S/c1-3-5-12-13(14(19)20)21-15(17-12)18(2)9-10-6-4-7-11(16)8-10/h4,6-8H,3,5,9H2,1-2H3,(H,19,20). The van der Waals surface area contributed by atoms with E-state index in [2.05, 4.69) is 4.98 Å². The van der Waals surface area contributed by atoms with Crippen LogP contribution in [0.2, 0.25) is 0 Å². The minimum atomic E-state index is -0.943. The van der Waals surface area contributed by atoms with Gasteiger partial charge in [-0.25, -0.2) is 14.2 Å². The first-order valence-corrected chi connectivity index (χ1v) is 7.51. The van der Waals surface area contributed by atoms with Gasteiger partial charge in [-0.05, 0) is 24.1 Å². The second kappa shape index (κ2) is 6.67. The van der Waals surface area contributed by atoms with Gasteiger partial charge in [-0.3, -0.25) is 0 Å². The summed E-state index contributed by atoms with van der Waals surface area (Å²) in [6.45, 7) is 2.47. The third-order valence-corrected chi connectivity index (χ3v) is 4.20. The van der Waals surface area contributed by atoms with E-state index in [1.807, 2.05) is 24.9 Å². The lowest BCUT2D eigenvalue weighted by molar-refractivity contribution is 0.0700. The smallest absolute Gasteiger partial charge is 0.347 e. The van der Waals surface area contributed by atoms with Crippen LogP contribution in [0, 0.1) is 5.82 Å². The molecule has 21 heavy (non-hydrogen) atoms. The number of hydrogen-bond donors (Lipinski definition) is 1. The number of halogens is 1. The highest BCUT2D eigenvalue weighted by Gasteiger charge is 2.18. The first-order valence-electron chi connectivity index (χ1n) is 6.69. The quantitative estimate of drug-likeness (QED) is 0.886. The van der Waals surface area contributed by atoms with Gasteiger partial charge in [0.2, 0.25) is 0 Å². The van der Waals surface area contributed by atoms with E-state index in [-0.39, 0.29) is 10.7 Å². The molecule has 1 aromatic heterocycles. The Balaban J connectivity index is 2.20. The largest absolute Gasteiger partial charge is 0.477 e. The van der Waals surface area contributed by atoms with Gasteiger partial charge in [0.05, 0.1) is 5.69 Å². The molecular formula is C15H17FN2O2S. The topological polar surface area (TPSA) is 53.4 Å². The third kappa shape index (κ3) is 3.78. The van der Waals surface area contributed by atoms with Gasteiger partial charge in [0.1, 0.15) is 10.7 Å². The molecule has 2 aromatic rings. The zero-order chi connectivity index (χ0) is 15.4. The third-order valence-electron chi connectivity index (χ3n) is 3.00. The van der Waals surface area contributed by atoms with E-state index >= 15 is 0 Å². The van der Waals surface area contributed by atoms with E-state index in [0.717, 1.165) is 23.3 Å². The maximum absolute atomic E-state index is 13.2. The van der Waals surface area contributed by atoms with E-state index < -0.39 is 5.97 Å². The van der Waals surface area contributed by atoms with Crippen LogP contribution in [0.5, 0.6) is 0 Å². The molecule has 0 spiro atoms. The van der Waals surface area contributed by atoms with Gasteiger partial charge in [0.25, 0.3) is 0 Å². The van der Waals surface area contributed by atoms with Gasteiger partial charge in [-0.2, -0.15) is 0 Å². The van der Waals surface area contributed by atoms with Crippen molar-refractivity contribution in [3.05, 3.63) is 46.2 Å². The molecular weight excluding hydrogens is 291 g/mol. The predicted molar refractivity (Wildman–Crippen MR) is 81.6 cm³/mol. The molecule has 0 bridgehead atoms. The Morgan fingerprint density at radius 3 is 2.86 bits per heavy atom. The molecule has 0 saturated heterocycles. The van der Waals surface area contributed by atoms with Gasteiger partial charge >= 0.3 is 5.97 Å². The van der Waals surface area contributed by atoms with Gasteiger partial charge in [-0.15, -0.1) is 0 Å². The van der Waals surface area contributed by atoms with E-state index in [0.29, 0.717) is 23.8 Å². The van der Waals surface area contributed by atoms with Crippen LogP contribution in [0.25, 0.3) is 0 Å². The fraction of sp³-hybridized carbons (Fsp3) is 0.333. The fourth-order valence-corrected chi connectivity index (χ4v) is 2.96. The van der Waals surface area contributed by atoms with Crippen molar-refractivity contribution < 1.29 is 14.3 Å². The van der Waals surface area contributed by atoms with Crippen molar-refractivity contribution in [3.8, 4) is 0 Å². The van der Waals surface area contributed by atoms with Crippen molar-refractivity contribution in [2.75, 3.05) is 11.9 Å². The summed E-state index contributed by atoms with van der Waals surface area (Å²) in [4.78, 5) is 17.8. The van der Waals surface area contributed by atoms with Crippen molar-refractivity contribution in [2.24, 2.45) is 0 Å². The highest BCUT2D eigenvalue weighted by atomic mass is 32.1. The molecule has 0 atom stereocenters. The Bertz CT molecular complexity index is 642. The zero-order valence-corrected chi connectivity index (χ0v) is 12.8. The van der Waals surface area contributed by atoms with Crippen LogP contribution >= 0.6 is 11.3 Å². The zero-order valence-electron chi connectivity index (χ0n) is 12.0. The average Bonchev–Trinajstić information content (AvgIpc) is 2.83. The number of anilines is 1. The first-order chi connectivity index (χ1) is 10.0. The summed E-state index contributed by atoms with van der Waals surface area (Å²) in [5.41, 5.74) is 1.44. The molecule has 0 unspecified atom stereocenters. The lowest BCUT2D eigenvalue weighted by atomic mass is 10.2. The predicted octanol–water partition coefficient (Wildman–Crippen LogP) is 3.57. The van der Waals surface area contributed by atoms with Crippen molar-refractivity contribution in [2.45, 2.75) is 26.3 Å². The maximum atomic E-state index is 13.2. The number of carbonyl (C=O) groups is 1. The van der Waals surface area contributed by atoms with Crippen molar-refractivity contribution in [3.63, 3.8) is 0 Å². The molecule has 2 rings (SSSR count). The number of carboxylic acid groups (broad SMARTS) is 1. The van der Waals surface area contributed by atoms with Gasteiger partial charge in [0.15, 0.2) is 5.13 Å². The number of aromatic nitrogens is 1. The lowest BCUT2D eigenvalue weighted by Gasteiger charge is -2.15. The molecule has 0 fully saturated rings. The van der Waals surface area contributed by atoms with Crippen LogP contribution in [-0.4, -0.2) is 23.1 Å². The SMILES string of the molecule is CCCc1nc(N(C)Cc2cccc(F)c2)sc1C(=O)O. The fourth-order valence-electron chi connectivity index (χ4n) is 2.05. The minimum absolute atomic E-state index is 0.280. The highest BCUT2D eigenvalue weighted by molar-refractivity contribution is 7.17. The summed E-state index contributed by atoms with van der Waals surface area (Å²) < 4.78 is 13.2. The first kappa shape index (κ1) is 15.4. The Hall–Kier alpha value is -1.95. The summed E-state index contributed by atoms with van der Waals surface area (Å²) in [7, 11) is 1.82. The number of aryl methyl sites for hydroxylation is 1. The average molecular weight is 308 g/mol. The number of aromatic carboxylic acids is 1. The van der Waals surface area contributed by atoms with E-state index in [1.54, 1.807) is 6.07 Å². The van der Waals surface area contributed by atoms with Gasteiger partial charge in [-0.1, -0.05) is 36.8 Å². The number of benzene rings is 1. The number of hydrogen-bond acceptors (Lipinski definition) is 4. The normalized spacial score (nSPS) is 10.6. The summed E-state index contributed by atoms with van der Waals surface area (Å²) in [6, 6.07) is 6.35. The number of carboxylic acids is 1. The molecule has 4 nitrogen and oxygen atoms in total. The molecule has 0 radical (unpaired) electrons. The summed E-state index contributed by atoms with van der Waals surface area (Å²) in [5, 5.41) is 9.85. The van der Waals surface area contributed by atoms with Crippen molar-refractivity contribution in [1.82, 2.24) is 4.98 Å². The van der Waals surface area contributed by atoms with Crippen LogP contribution in [0.4, 0.5) is 9.52 Å². The molecule has 0 aliphatic rings. The second-order valence-corrected chi connectivity index (χ2v) is 5.79. The molecule has 6 heteroatoms. The maximum Gasteiger partial charge on any atom is 0.347 e. The molecule has 0 amide bonds. The van der Waals surface area contributed by atoms with E-state index in [9.17, 15) is 14.3 Å². The summed E-state index contributed by atoms with van der Waals surface area (Å²) in [5.74, 6) is -1.22. The number of nitrogens with zero attached hydrogens (tertiary/aromatic N) is 2. The molecule has 0 saturated carbocycles. The van der Waals surface area contributed by atoms with Gasteiger partial charge in [0, 0.05) is 13.6 Å². The Morgan fingerprint density at radius 1 is 1.48 bits per heavy atom. The molecule has 1 N–H and O–H groups in total. The van der Waals surface area contributed by atoms with Gasteiger partial charge < -0.3 is 10.0 Å². The van der Waals surface area contributed by atoms with E-state index in [4.69, 9.17) is 0 Å². The Morgan fingerprint density at radius 2 is 2.24 bits per heavy atom. The van der Waals surface area contributed by atoms with Crippen LogP contribution in [-0.2, 0) is 13.0 Å². The molecule has 0 aliphatic carbocycles. The summed E-state index contributed by atoms with van der Waals surface area (Å²) >= 11 is 1.16. The summed E-state index contributed by atoms with van der Waals surface area (Å²) in [6.07, 6.45) is 1.49. The number of rotatable bonds is 6.